The second kappa shape index (κ2) is 9.12. The maximum absolute atomic E-state index is 5.35. The van der Waals surface area contributed by atoms with Gasteiger partial charge in [0.05, 0.1) is 6.61 Å². The van der Waals surface area contributed by atoms with E-state index in [0.717, 1.165) is 25.6 Å². The lowest BCUT2D eigenvalue weighted by Gasteiger charge is -2.44. The van der Waals surface area contributed by atoms with Gasteiger partial charge in [0.25, 0.3) is 0 Å². The fourth-order valence-electron chi connectivity index (χ4n) is 3.79. The van der Waals surface area contributed by atoms with Gasteiger partial charge in [-0.2, -0.15) is 0 Å². The van der Waals surface area contributed by atoms with Crippen molar-refractivity contribution in [3.63, 3.8) is 0 Å². The number of likely N-dealkylation sites (N-methyl/N-ethyl adjacent to an activating group) is 1. The van der Waals surface area contributed by atoms with Crippen LogP contribution in [0.25, 0.3) is 0 Å². The molecule has 1 rings (SSSR count). The van der Waals surface area contributed by atoms with E-state index >= 15 is 0 Å². The Labute approximate surface area is 132 Å². The molecule has 3 unspecified atom stereocenters. The smallest absolute Gasteiger partial charge is 0.0615 e. The van der Waals surface area contributed by atoms with Crippen LogP contribution in [0.3, 0.4) is 0 Å². The Kier molecular flexibility index (Phi) is 8.22. The van der Waals surface area contributed by atoms with Gasteiger partial charge in [-0.3, -0.25) is 4.90 Å². The normalized spacial score (nSPS) is 27.0. The number of hydrogen-bond acceptors (Lipinski definition) is 3. The summed E-state index contributed by atoms with van der Waals surface area (Å²) in [6.07, 6.45) is 5.24. The van der Waals surface area contributed by atoms with Gasteiger partial charge in [-0.05, 0) is 57.0 Å². The first-order chi connectivity index (χ1) is 9.93. The minimum Gasteiger partial charge on any atom is -0.383 e. The summed E-state index contributed by atoms with van der Waals surface area (Å²) < 4.78 is 5.35. The number of nitrogens with zero attached hydrogens (tertiary/aromatic N) is 1. The lowest BCUT2D eigenvalue weighted by atomic mass is 9.69. The molecule has 0 aliphatic heterocycles. The third-order valence-corrected chi connectivity index (χ3v) is 5.08. The van der Waals surface area contributed by atoms with Gasteiger partial charge in [0.15, 0.2) is 0 Å². The molecule has 0 bridgehead atoms. The van der Waals surface area contributed by atoms with Crippen LogP contribution in [0.1, 0.15) is 60.3 Å². The van der Waals surface area contributed by atoms with E-state index < -0.39 is 0 Å². The van der Waals surface area contributed by atoms with Crippen LogP contribution >= 0.6 is 0 Å². The number of ether oxygens (including phenoxy) is 1. The lowest BCUT2D eigenvalue weighted by molar-refractivity contribution is 0.0577. The molecule has 3 nitrogen and oxygen atoms in total. The highest BCUT2D eigenvalue weighted by Crippen LogP contribution is 2.39. The summed E-state index contributed by atoms with van der Waals surface area (Å²) in [5, 5.41) is 3.80. The van der Waals surface area contributed by atoms with Crippen molar-refractivity contribution in [1.29, 1.82) is 0 Å². The van der Waals surface area contributed by atoms with Crippen LogP contribution in [0.4, 0.5) is 0 Å². The molecule has 0 radical (unpaired) electrons. The molecule has 0 saturated heterocycles. The molecule has 0 spiro atoms. The predicted molar refractivity (Wildman–Crippen MR) is 91.8 cm³/mol. The van der Waals surface area contributed by atoms with Crippen LogP contribution in [0.5, 0.6) is 0 Å². The molecule has 0 amide bonds. The van der Waals surface area contributed by atoms with Crippen molar-refractivity contribution >= 4 is 0 Å². The Hall–Kier alpha value is -0.120. The molecule has 1 aliphatic rings. The Morgan fingerprint density at radius 2 is 2.05 bits per heavy atom. The van der Waals surface area contributed by atoms with Crippen LogP contribution in [0, 0.1) is 11.3 Å². The van der Waals surface area contributed by atoms with Crippen molar-refractivity contribution in [3.05, 3.63) is 0 Å². The lowest BCUT2D eigenvalue weighted by Crippen LogP contribution is -2.49. The standard InChI is InChI=1S/C18H38N2O/c1-7-11-19-17-9-10-18(4,5)12-16(17)13-20(8-2)15(3)14-21-6/h15-17,19H,7-14H2,1-6H3. The van der Waals surface area contributed by atoms with Crippen LogP contribution in [0.15, 0.2) is 0 Å². The highest BCUT2D eigenvalue weighted by atomic mass is 16.5. The number of methoxy groups -OCH3 is 1. The maximum atomic E-state index is 5.35. The van der Waals surface area contributed by atoms with E-state index in [2.05, 4.69) is 44.8 Å². The summed E-state index contributed by atoms with van der Waals surface area (Å²) >= 11 is 0. The second-order valence-electron chi connectivity index (χ2n) is 7.62. The number of rotatable bonds is 9. The average Bonchev–Trinajstić information content (AvgIpc) is 2.43. The number of hydrogen-bond donors (Lipinski definition) is 1. The minimum atomic E-state index is 0.499. The molecule has 0 aromatic carbocycles. The Balaban J connectivity index is 2.66. The summed E-state index contributed by atoms with van der Waals surface area (Å²) in [6, 6.07) is 1.21. The Bertz CT molecular complexity index is 280. The van der Waals surface area contributed by atoms with E-state index in [1.807, 2.05) is 0 Å². The van der Waals surface area contributed by atoms with Gasteiger partial charge in [0.2, 0.25) is 0 Å². The van der Waals surface area contributed by atoms with Gasteiger partial charge < -0.3 is 10.1 Å². The summed E-state index contributed by atoms with van der Waals surface area (Å²) in [5.41, 5.74) is 0.499. The van der Waals surface area contributed by atoms with Crippen molar-refractivity contribution < 1.29 is 4.74 Å². The zero-order valence-electron chi connectivity index (χ0n) is 15.2. The molecular weight excluding hydrogens is 260 g/mol. The molecule has 3 atom stereocenters. The SMILES string of the molecule is CCCNC1CCC(C)(C)CC1CN(CC)C(C)COC. The first-order valence-corrected chi connectivity index (χ1v) is 8.89. The highest BCUT2D eigenvalue weighted by molar-refractivity contribution is 4.90. The third-order valence-electron chi connectivity index (χ3n) is 5.08. The average molecular weight is 299 g/mol. The van der Waals surface area contributed by atoms with E-state index in [4.69, 9.17) is 4.74 Å². The zero-order chi connectivity index (χ0) is 15.9. The molecule has 0 aromatic rings. The quantitative estimate of drug-likeness (QED) is 0.704. The molecule has 0 heterocycles. The van der Waals surface area contributed by atoms with Crippen LogP contribution in [-0.2, 0) is 4.74 Å². The summed E-state index contributed by atoms with van der Waals surface area (Å²) in [4.78, 5) is 2.59. The molecule has 3 heteroatoms. The molecule has 1 saturated carbocycles. The molecule has 1 N–H and O–H groups in total. The summed E-state index contributed by atoms with van der Waals surface area (Å²) in [5.74, 6) is 0.763. The van der Waals surface area contributed by atoms with E-state index in [9.17, 15) is 0 Å². The molecular formula is C18H38N2O. The van der Waals surface area contributed by atoms with Crippen molar-refractivity contribution in [2.75, 3.05) is 33.4 Å². The Morgan fingerprint density at radius 3 is 2.62 bits per heavy atom. The van der Waals surface area contributed by atoms with E-state index in [0.29, 0.717) is 17.5 Å². The van der Waals surface area contributed by atoms with Gasteiger partial charge in [-0.15, -0.1) is 0 Å². The Morgan fingerprint density at radius 1 is 1.33 bits per heavy atom. The largest absolute Gasteiger partial charge is 0.383 e. The fourth-order valence-corrected chi connectivity index (χ4v) is 3.79. The number of nitrogens with one attached hydrogen (secondary N) is 1. The van der Waals surface area contributed by atoms with Crippen molar-refractivity contribution in [2.24, 2.45) is 11.3 Å². The van der Waals surface area contributed by atoms with Crippen molar-refractivity contribution in [3.8, 4) is 0 Å². The van der Waals surface area contributed by atoms with Crippen molar-refractivity contribution in [1.82, 2.24) is 10.2 Å². The summed E-state index contributed by atoms with van der Waals surface area (Å²) in [7, 11) is 1.81. The maximum Gasteiger partial charge on any atom is 0.0615 e. The highest BCUT2D eigenvalue weighted by Gasteiger charge is 2.35. The molecule has 0 aromatic heterocycles. The van der Waals surface area contributed by atoms with Crippen LogP contribution in [-0.4, -0.2) is 50.3 Å². The third kappa shape index (κ3) is 6.25. The molecule has 1 fully saturated rings. The topological polar surface area (TPSA) is 24.5 Å². The van der Waals surface area contributed by atoms with E-state index in [-0.39, 0.29) is 0 Å². The predicted octanol–water partition coefficient (Wildman–Crippen LogP) is 3.54. The van der Waals surface area contributed by atoms with E-state index in [1.54, 1.807) is 7.11 Å². The zero-order valence-corrected chi connectivity index (χ0v) is 15.2. The summed E-state index contributed by atoms with van der Waals surface area (Å²) in [6.45, 7) is 16.0. The van der Waals surface area contributed by atoms with Gasteiger partial charge >= 0.3 is 0 Å². The van der Waals surface area contributed by atoms with Crippen LogP contribution in [0.2, 0.25) is 0 Å². The van der Waals surface area contributed by atoms with Gasteiger partial charge in [0.1, 0.15) is 0 Å². The monoisotopic (exact) mass is 298 g/mol. The second-order valence-corrected chi connectivity index (χ2v) is 7.62. The van der Waals surface area contributed by atoms with Crippen molar-refractivity contribution in [2.45, 2.75) is 72.4 Å². The molecule has 126 valence electrons. The van der Waals surface area contributed by atoms with Gasteiger partial charge in [0, 0.05) is 25.7 Å². The first kappa shape index (κ1) is 18.9. The minimum absolute atomic E-state index is 0.499. The van der Waals surface area contributed by atoms with E-state index in [1.165, 1.54) is 32.2 Å². The fraction of sp³-hybridized carbons (Fsp3) is 1.00. The van der Waals surface area contributed by atoms with Gasteiger partial charge in [-0.25, -0.2) is 0 Å². The molecule has 1 aliphatic carbocycles. The van der Waals surface area contributed by atoms with Crippen LogP contribution < -0.4 is 5.32 Å². The first-order valence-electron chi connectivity index (χ1n) is 8.89. The molecule has 21 heavy (non-hydrogen) atoms. The van der Waals surface area contributed by atoms with Gasteiger partial charge in [-0.1, -0.05) is 27.7 Å².